The Bertz CT molecular complexity index is 1440. The molecule has 0 atom stereocenters. The molecule has 0 saturated carbocycles. The zero-order chi connectivity index (χ0) is 25.5. The Morgan fingerprint density at radius 3 is 2.76 bits per heavy atom. The molecule has 0 spiro atoms. The molecule has 2 aliphatic heterocycles. The number of pyridine rings is 1. The summed E-state index contributed by atoms with van der Waals surface area (Å²) in [5.41, 5.74) is 5.35. The van der Waals surface area contributed by atoms with Gasteiger partial charge in [0.15, 0.2) is 5.82 Å². The fourth-order valence-corrected chi connectivity index (χ4v) is 5.79. The summed E-state index contributed by atoms with van der Waals surface area (Å²) in [7, 11) is 1.94. The fourth-order valence-electron chi connectivity index (χ4n) is 5.79. The summed E-state index contributed by atoms with van der Waals surface area (Å²) < 4.78 is 16.8. The molecule has 9 heteroatoms. The molecule has 1 fully saturated rings. The van der Waals surface area contributed by atoms with Gasteiger partial charge in [-0.1, -0.05) is 26.0 Å². The molecule has 37 heavy (non-hydrogen) atoms. The molecule has 1 aromatic carbocycles. The Morgan fingerprint density at radius 2 is 1.95 bits per heavy atom. The van der Waals surface area contributed by atoms with E-state index >= 15 is 0 Å². The van der Waals surface area contributed by atoms with Crippen molar-refractivity contribution in [2.24, 2.45) is 7.05 Å². The van der Waals surface area contributed by atoms with Crippen molar-refractivity contribution in [3.05, 3.63) is 59.3 Å². The smallest absolute Gasteiger partial charge is 0.229 e. The minimum absolute atomic E-state index is 0.258. The molecule has 2 N–H and O–H groups in total. The molecule has 4 aromatic rings. The highest BCUT2D eigenvalue weighted by molar-refractivity contribution is 5.86. The van der Waals surface area contributed by atoms with E-state index in [4.69, 9.17) is 4.98 Å². The molecular weight excluding hydrogens is 467 g/mol. The van der Waals surface area contributed by atoms with Crippen molar-refractivity contribution in [2.75, 3.05) is 25.0 Å². The predicted molar refractivity (Wildman–Crippen MR) is 143 cm³/mol. The van der Waals surface area contributed by atoms with E-state index < -0.39 is 5.82 Å². The maximum atomic E-state index is 14.9. The highest BCUT2D eigenvalue weighted by Crippen LogP contribution is 2.31. The first kappa shape index (κ1) is 23.9. The van der Waals surface area contributed by atoms with E-state index in [1.165, 1.54) is 24.6 Å². The first-order valence-electron chi connectivity index (χ1n) is 13.2. The second kappa shape index (κ2) is 9.79. The highest BCUT2D eigenvalue weighted by Gasteiger charge is 2.25. The Morgan fingerprint density at radius 1 is 1.11 bits per heavy atom. The van der Waals surface area contributed by atoms with Gasteiger partial charge in [0.25, 0.3) is 0 Å². The van der Waals surface area contributed by atoms with Gasteiger partial charge in [0.05, 0.1) is 11.7 Å². The first-order valence-corrected chi connectivity index (χ1v) is 13.2. The number of fused-ring (bicyclic) bond motifs is 2. The lowest BCUT2D eigenvalue weighted by Crippen LogP contribution is -2.45. The van der Waals surface area contributed by atoms with Crippen LogP contribution >= 0.6 is 0 Å². The van der Waals surface area contributed by atoms with E-state index in [0.29, 0.717) is 29.3 Å². The summed E-state index contributed by atoms with van der Waals surface area (Å²) in [6.07, 6.45) is 4.56. The van der Waals surface area contributed by atoms with Gasteiger partial charge in [0, 0.05) is 54.9 Å². The van der Waals surface area contributed by atoms with Gasteiger partial charge in [-0.15, -0.1) is 0 Å². The minimum atomic E-state index is -0.462. The number of anilines is 2. The number of nitrogens with zero attached hydrogens (tertiary/aromatic N) is 6. The average Bonchev–Trinajstić information content (AvgIpc) is 3.25. The third kappa shape index (κ3) is 4.69. The lowest BCUT2D eigenvalue weighted by molar-refractivity contribution is 0.146. The lowest BCUT2D eigenvalue weighted by atomic mass is 9.99. The highest BCUT2D eigenvalue weighted by atomic mass is 19.1. The van der Waals surface area contributed by atoms with Crippen LogP contribution in [0.15, 0.2) is 36.5 Å². The van der Waals surface area contributed by atoms with Gasteiger partial charge in [-0.3, -0.25) is 9.58 Å². The zero-order valence-corrected chi connectivity index (χ0v) is 21.6. The first-order chi connectivity index (χ1) is 18.0. The fraction of sp³-hybridized carbons (Fsp3) is 0.429. The van der Waals surface area contributed by atoms with Gasteiger partial charge < -0.3 is 10.6 Å². The Balaban J connectivity index is 1.24. The van der Waals surface area contributed by atoms with Crippen LogP contribution in [0.4, 0.5) is 16.2 Å². The normalized spacial score (nSPS) is 16.9. The summed E-state index contributed by atoms with van der Waals surface area (Å²) in [6.45, 7) is 8.44. The third-order valence-corrected chi connectivity index (χ3v) is 7.59. The van der Waals surface area contributed by atoms with E-state index in [0.717, 1.165) is 54.9 Å². The maximum Gasteiger partial charge on any atom is 0.229 e. The van der Waals surface area contributed by atoms with Crippen molar-refractivity contribution in [1.82, 2.24) is 34.9 Å². The number of aromatic nitrogens is 5. The quantitative estimate of drug-likeness (QED) is 0.416. The van der Waals surface area contributed by atoms with Crippen LogP contribution in [-0.2, 0) is 20.0 Å². The second-order valence-electron chi connectivity index (χ2n) is 10.4. The lowest BCUT2D eigenvalue weighted by Gasteiger charge is -2.37. The van der Waals surface area contributed by atoms with Crippen LogP contribution in [0.3, 0.4) is 0 Å². The van der Waals surface area contributed by atoms with Crippen LogP contribution in [0.25, 0.3) is 22.2 Å². The standard InChI is InChI=1S/C28H33FN8/c1-17(2)27-21-14-18(4-6-24(21)35-36(27)3)26-22(29)15-31-28(34-26)33-25-7-5-19-16-37(13-10-23(19)32-25)20-8-11-30-12-9-20/h4-7,14-15,17,20,30H,8-13,16H2,1-3H3,(H,31,32,33,34). The molecular formula is C28H33FN8. The second-order valence-corrected chi connectivity index (χ2v) is 10.4. The SMILES string of the molecule is CC(C)c1c2cc(-c3nc(Nc4ccc5c(n4)CCN(C4CCNCC4)C5)ncc3F)ccc2nn1C. The molecule has 6 rings (SSSR count). The molecule has 0 unspecified atom stereocenters. The van der Waals surface area contributed by atoms with Crippen LogP contribution in [-0.4, -0.2) is 55.3 Å². The van der Waals surface area contributed by atoms with Crippen LogP contribution in [0.1, 0.15) is 49.6 Å². The summed E-state index contributed by atoms with van der Waals surface area (Å²) >= 11 is 0. The molecule has 0 amide bonds. The molecule has 0 radical (unpaired) electrons. The van der Waals surface area contributed by atoms with Gasteiger partial charge in [0.1, 0.15) is 11.5 Å². The van der Waals surface area contributed by atoms with E-state index in [-0.39, 0.29) is 5.69 Å². The molecule has 5 heterocycles. The van der Waals surface area contributed by atoms with Crippen LogP contribution in [0.5, 0.6) is 0 Å². The third-order valence-electron chi connectivity index (χ3n) is 7.59. The molecule has 1 saturated heterocycles. The molecule has 0 aliphatic carbocycles. The van der Waals surface area contributed by atoms with Gasteiger partial charge in [-0.2, -0.15) is 5.10 Å². The van der Waals surface area contributed by atoms with E-state index in [1.807, 2.05) is 36.0 Å². The number of hydrogen-bond acceptors (Lipinski definition) is 7. The van der Waals surface area contributed by atoms with Crippen molar-refractivity contribution < 1.29 is 4.39 Å². The summed E-state index contributed by atoms with van der Waals surface area (Å²) in [5.74, 6) is 0.832. The van der Waals surface area contributed by atoms with E-state index in [2.05, 4.69) is 50.5 Å². The number of benzene rings is 1. The van der Waals surface area contributed by atoms with Crippen LogP contribution in [0.2, 0.25) is 0 Å². The van der Waals surface area contributed by atoms with Gasteiger partial charge >= 0.3 is 0 Å². The molecule has 3 aromatic heterocycles. The average molecular weight is 501 g/mol. The topological polar surface area (TPSA) is 83.8 Å². The van der Waals surface area contributed by atoms with Gasteiger partial charge in [-0.25, -0.2) is 19.3 Å². The van der Waals surface area contributed by atoms with Crippen molar-refractivity contribution in [2.45, 2.75) is 51.6 Å². The van der Waals surface area contributed by atoms with Gasteiger partial charge in [-0.05, 0) is 55.6 Å². The largest absolute Gasteiger partial charge is 0.317 e. The van der Waals surface area contributed by atoms with Crippen LogP contribution < -0.4 is 10.6 Å². The summed E-state index contributed by atoms with van der Waals surface area (Å²) in [6, 6.07) is 10.5. The molecule has 2 aliphatic rings. The number of halogens is 1. The molecule has 192 valence electrons. The van der Waals surface area contributed by atoms with Crippen molar-refractivity contribution in [3.8, 4) is 11.3 Å². The van der Waals surface area contributed by atoms with E-state index in [1.54, 1.807) is 0 Å². The number of piperidine rings is 1. The number of hydrogen-bond donors (Lipinski definition) is 2. The summed E-state index contributed by atoms with van der Waals surface area (Å²) in [5, 5.41) is 12.3. The molecule has 8 nitrogen and oxygen atoms in total. The Hall–Kier alpha value is -3.43. The number of rotatable bonds is 5. The number of nitrogens with one attached hydrogen (secondary N) is 2. The number of aryl methyl sites for hydroxylation is 1. The Kier molecular flexibility index (Phi) is 6.34. The Labute approximate surface area is 216 Å². The predicted octanol–water partition coefficient (Wildman–Crippen LogP) is 4.54. The minimum Gasteiger partial charge on any atom is -0.317 e. The zero-order valence-electron chi connectivity index (χ0n) is 21.6. The van der Waals surface area contributed by atoms with Crippen LogP contribution in [0, 0.1) is 5.82 Å². The monoisotopic (exact) mass is 500 g/mol. The van der Waals surface area contributed by atoms with Crippen molar-refractivity contribution in [1.29, 1.82) is 0 Å². The van der Waals surface area contributed by atoms with Crippen molar-refractivity contribution >= 4 is 22.7 Å². The van der Waals surface area contributed by atoms with E-state index in [9.17, 15) is 4.39 Å². The molecule has 0 bridgehead atoms. The summed E-state index contributed by atoms with van der Waals surface area (Å²) in [4.78, 5) is 16.2. The van der Waals surface area contributed by atoms with Gasteiger partial charge in [0.2, 0.25) is 5.95 Å². The maximum absolute atomic E-state index is 14.9. The van der Waals surface area contributed by atoms with Crippen molar-refractivity contribution in [3.63, 3.8) is 0 Å².